The molecule has 4 N–H and O–H groups in total. The van der Waals surface area contributed by atoms with Gasteiger partial charge in [-0.15, -0.1) is 5.10 Å². The van der Waals surface area contributed by atoms with E-state index in [0.29, 0.717) is 0 Å². The van der Waals surface area contributed by atoms with Crippen molar-refractivity contribution in [2.45, 2.75) is 6.92 Å². The summed E-state index contributed by atoms with van der Waals surface area (Å²) in [6, 6.07) is 14.3. The van der Waals surface area contributed by atoms with Gasteiger partial charge >= 0.3 is 0 Å². The number of hydrogen-bond acceptors (Lipinski definition) is 2. The van der Waals surface area contributed by atoms with Gasteiger partial charge in [0.15, 0.2) is 0 Å². The van der Waals surface area contributed by atoms with Crippen LogP contribution in [0.1, 0.15) is 12.5 Å². The Kier molecular flexibility index (Phi) is 3.05. The van der Waals surface area contributed by atoms with E-state index in [-0.39, 0.29) is 5.96 Å². The summed E-state index contributed by atoms with van der Waals surface area (Å²) in [6.07, 6.45) is 0. The number of guanidine groups is 1. The summed E-state index contributed by atoms with van der Waals surface area (Å²) in [7, 11) is 0. The standard InChI is InChI=1S/C13H14N4/c1-9(16-17-13(14)15)11-7-6-10-4-2-3-5-12(10)8-11/h2-8H,1H3,(H4,14,15,17)/b16-9+. The molecular formula is C13H14N4. The molecule has 2 aromatic rings. The van der Waals surface area contributed by atoms with Crippen LogP contribution in [-0.2, 0) is 0 Å². The maximum Gasteiger partial charge on any atom is 0.211 e. The van der Waals surface area contributed by atoms with Gasteiger partial charge in [-0.3, -0.25) is 0 Å². The van der Waals surface area contributed by atoms with E-state index in [2.05, 4.69) is 34.5 Å². The molecule has 86 valence electrons. The molecule has 0 saturated heterocycles. The molecule has 0 fully saturated rings. The number of fused-ring (bicyclic) bond motifs is 1. The molecule has 2 rings (SSSR count). The second-order valence-electron chi connectivity index (χ2n) is 3.77. The molecule has 0 unspecified atom stereocenters. The average molecular weight is 226 g/mol. The van der Waals surface area contributed by atoms with Crippen molar-refractivity contribution < 1.29 is 0 Å². The Hall–Kier alpha value is -2.36. The Balaban J connectivity index is 2.43. The predicted octanol–water partition coefficient (Wildman–Crippen LogP) is 1.84. The molecule has 0 radical (unpaired) electrons. The van der Waals surface area contributed by atoms with E-state index in [1.54, 1.807) is 0 Å². The van der Waals surface area contributed by atoms with Crippen molar-refractivity contribution in [3.05, 3.63) is 48.0 Å². The Morgan fingerprint density at radius 2 is 1.65 bits per heavy atom. The summed E-state index contributed by atoms with van der Waals surface area (Å²) in [5.74, 6) is -0.0369. The molecule has 0 spiro atoms. The first kappa shape index (κ1) is 11.1. The van der Waals surface area contributed by atoms with Crippen LogP contribution in [-0.4, -0.2) is 11.7 Å². The molecule has 0 amide bonds. The molecule has 0 atom stereocenters. The molecule has 2 aromatic carbocycles. The molecule has 0 heterocycles. The smallest absolute Gasteiger partial charge is 0.211 e. The Labute approximate surface area is 99.6 Å². The molecule has 17 heavy (non-hydrogen) atoms. The van der Waals surface area contributed by atoms with Crippen LogP contribution in [0.25, 0.3) is 10.8 Å². The maximum absolute atomic E-state index is 5.23. The quantitative estimate of drug-likeness (QED) is 0.465. The molecule has 0 saturated carbocycles. The van der Waals surface area contributed by atoms with Crippen LogP contribution in [0.4, 0.5) is 0 Å². The van der Waals surface area contributed by atoms with Crippen LogP contribution in [0.3, 0.4) is 0 Å². The van der Waals surface area contributed by atoms with Crippen molar-refractivity contribution in [1.29, 1.82) is 0 Å². The number of nitrogens with zero attached hydrogens (tertiary/aromatic N) is 2. The molecule has 0 aliphatic heterocycles. The van der Waals surface area contributed by atoms with E-state index >= 15 is 0 Å². The van der Waals surface area contributed by atoms with E-state index in [9.17, 15) is 0 Å². The van der Waals surface area contributed by atoms with Crippen molar-refractivity contribution in [1.82, 2.24) is 0 Å². The third kappa shape index (κ3) is 2.60. The second-order valence-corrected chi connectivity index (χ2v) is 3.77. The fourth-order valence-corrected chi connectivity index (χ4v) is 1.60. The number of nitrogens with two attached hydrogens (primary N) is 2. The van der Waals surface area contributed by atoms with Gasteiger partial charge in [0.1, 0.15) is 0 Å². The van der Waals surface area contributed by atoms with Crippen molar-refractivity contribution in [3.8, 4) is 0 Å². The van der Waals surface area contributed by atoms with E-state index < -0.39 is 0 Å². The highest BCUT2D eigenvalue weighted by atomic mass is 15.3. The fourth-order valence-electron chi connectivity index (χ4n) is 1.60. The van der Waals surface area contributed by atoms with Crippen LogP contribution in [0.15, 0.2) is 52.7 Å². The van der Waals surface area contributed by atoms with Crippen molar-refractivity contribution in [3.63, 3.8) is 0 Å². The van der Waals surface area contributed by atoms with Gasteiger partial charge in [-0.25, -0.2) is 0 Å². The van der Waals surface area contributed by atoms with E-state index in [4.69, 9.17) is 11.5 Å². The molecule has 0 aliphatic rings. The first-order chi connectivity index (χ1) is 8.16. The van der Waals surface area contributed by atoms with E-state index in [0.717, 1.165) is 11.3 Å². The van der Waals surface area contributed by atoms with Crippen LogP contribution < -0.4 is 11.5 Å². The predicted molar refractivity (Wildman–Crippen MR) is 72.0 cm³/mol. The first-order valence-electron chi connectivity index (χ1n) is 5.29. The third-order valence-electron chi connectivity index (χ3n) is 2.48. The van der Waals surface area contributed by atoms with Gasteiger partial charge in [-0.05, 0) is 29.3 Å². The second kappa shape index (κ2) is 4.65. The zero-order valence-corrected chi connectivity index (χ0v) is 9.59. The Morgan fingerprint density at radius 3 is 2.35 bits per heavy atom. The first-order valence-corrected chi connectivity index (χ1v) is 5.29. The maximum atomic E-state index is 5.23. The lowest BCUT2D eigenvalue weighted by Crippen LogP contribution is -2.22. The summed E-state index contributed by atoms with van der Waals surface area (Å²) in [6.45, 7) is 1.87. The lowest BCUT2D eigenvalue weighted by atomic mass is 10.0. The number of benzene rings is 2. The van der Waals surface area contributed by atoms with Crippen molar-refractivity contribution in [2.75, 3.05) is 0 Å². The van der Waals surface area contributed by atoms with Gasteiger partial charge in [0, 0.05) is 0 Å². The van der Waals surface area contributed by atoms with Crippen molar-refractivity contribution >= 4 is 22.4 Å². The summed E-state index contributed by atoms with van der Waals surface area (Å²) >= 11 is 0. The van der Waals surface area contributed by atoms with E-state index in [1.807, 2.05) is 25.1 Å². The molecule has 0 aromatic heterocycles. The summed E-state index contributed by atoms with van der Waals surface area (Å²) in [5, 5.41) is 9.97. The van der Waals surface area contributed by atoms with E-state index in [1.165, 1.54) is 10.8 Å². The minimum atomic E-state index is -0.0369. The van der Waals surface area contributed by atoms with Crippen LogP contribution in [0.5, 0.6) is 0 Å². The van der Waals surface area contributed by atoms with Crippen LogP contribution in [0.2, 0.25) is 0 Å². The summed E-state index contributed by atoms with van der Waals surface area (Å²) in [4.78, 5) is 0. The largest absolute Gasteiger partial charge is 0.369 e. The SMILES string of the molecule is C/C(=N\N=C(N)N)c1ccc2ccccc2c1. The summed E-state index contributed by atoms with van der Waals surface area (Å²) < 4.78 is 0. The molecule has 0 bridgehead atoms. The van der Waals surface area contributed by atoms with Crippen LogP contribution >= 0.6 is 0 Å². The van der Waals surface area contributed by atoms with Gasteiger partial charge < -0.3 is 11.5 Å². The van der Waals surface area contributed by atoms with Gasteiger partial charge in [0.05, 0.1) is 5.71 Å². The molecule has 4 nitrogen and oxygen atoms in total. The highest BCUT2D eigenvalue weighted by molar-refractivity contribution is 6.02. The minimum absolute atomic E-state index is 0.0369. The fraction of sp³-hybridized carbons (Fsp3) is 0.0769. The van der Waals surface area contributed by atoms with Crippen molar-refractivity contribution in [2.24, 2.45) is 21.7 Å². The normalized spacial score (nSPS) is 11.5. The Bertz CT molecular complexity index is 595. The molecule has 0 aliphatic carbocycles. The Morgan fingerprint density at radius 1 is 0.941 bits per heavy atom. The van der Waals surface area contributed by atoms with Gasteiger partial charge in [0.2, 0.25) is 5.96 Å². The minimum Gasteiger partial charge on any atom is -0.369 e. The monoisotopic (exact) mass is 226 g/mol. The third-order valence-corrected chi connectivity index (χ3v) is 2.48. The van der Waals surface area contributed by atoms with Gasteiger partial charge in [-0.2, -0.15) is 5.10 Å². The lowest BCUT2D eigenvalue weighted by molar-refractivity contribution is 1.20. The van der Waals surface area contributed by atoms with Gasteiger partial charge in [0.25, 0.3) is 0 Å². The van der Waals surface area contributed by atoms with Gasteiger partial charge in [-0.1, -0.05) is 36.4 Å². The average Bonchev–Trinajstić information content (AvgIpc) is 2.35. The lowest BCUT2D eigenvalue weighted by Gasteiger charge is -2.02. The highest BCUT2D eigenvalue weighted by Crippen LogP contribution is 2.16. The topological polar surface area (TPSA) is 76.8 Å². The zero-order chi connectivity index (χ0) is 12.3. The molecule has 4 heteroatoms. The molecular weight excluding hydrogens is 212 g/mol. The summed E-state index contributed by atoms with van der Waals surface area (Å²) in [5.41, 5.74) is 12.2. The zero-order valence-electron chi connectivity index (χ0n) is 9.59. The number of rotatable bonds is 2. The highest BCUT2D eigenvalue weighted by Gasteiger charge is 1.99. The van der Waals surface area contributed by atoms with Crippen LogP contribution in [0, 0.1) is 0 Å². The number of hydrogen-bond donors (Lipinski definition) is 2.